The molecule has 2 aromatic carbocycles. The van der Waals surface area contributed by atoms with E-state index in [9.17, 15) is 0 Å². The van der Waals surface area contributed by atoms with Crippen molar-refractivity contribution in [2.24, 2.45) is 5.92 Å². The zero-order chi connectivity index (χ0) is 16.7. The highest BCUT2D eigenvalue weighted by molar-refractivity contribution is 5.57. The van der Waals surface area contributed by atoms with E-state index in [0.29, 0.717) is 5.92 Å². The number of hydrogen-bond donors (Lipinski definition) is 1. The van der Waals surface area contributed by atoms with Gasteiger partial charge in [-0.3, -0.25) is 0 Å². The molecule has 0 bridgehead atoms. The van der Waals surface area contributed by atoms with E-state index in [0.717, 1.165) is 31.7 Å². The maximum absolute atomic E-state index is 5.77. The zero-order valence-electron chi connectivity index (χ0n) is 14.9. The Morgan fingerprint density at radius 1 is 1.04 bits per heavy atom. The van der Waals surface area contributed by atoms with Gasteiger partial charge >= 0.3 is 0 Å². The van der Waals surface area contributed by atoms with Gasteiger partial charge in [0.1, 0.15) is 5.75 Å². The van der Waals surface area contributed by atoms with Crippen molar-refractivity contribution < 1.29 is 4.74 Å². The summed E-state index contributed by atoms with van der Waals surface area (Å²) in [7, 11) is 0. The first-order valence-electron chi connectivity index (χ1n) is 8.64. The molecular formula is C21H29NO. The van der Waals surface area contributed by atoms with Crippen molar-refractivity contribution >= 4 is 5.69 Å². The van der Waals surface area contributed by atoms with E-state index in [4.69, 9.17) is 4.74 Å². The van der Waals surface area contributed by atoms with Gasteiger partial charge in [0.05, 0.1) is 6.61 Å². The first-order chi connectivity index (χ1) is 11.1. The number of benzene rings is 2. The van der Waals surface area contributed by atoms with Crippen molar-refractivity contribution in [3.05, 3.63) is 59.2 Å². The zero-order valence-corrected chi connectivity index (χ0v) is 14.9. The van der Waals surface area contributed by atoms with E-state index in [1.165, 1.54) is 22.4 Å². The highest BCUT2D eigenvalue weighted by atomic mass is 16.5. The van der Waals surface area contributed by atoms with Crippen LogP contribution in [0.15, 0.2) is 42.5 Å². The predicted octanol–water partition coefficient (Wildman–Crippen LogP) is 5.59. The first kappa shape index (κ1) is 17.4. The molecule has 0 aromatic heterocycles. The lowest BCUT2D eigenvalue weighted by atomic mass is 10.1. The van der Waals surface area contributed by atoms with Crippen molar-refractivity contribution in [2.45, 2.75) is 47.1 Å². The largest absolute Gasteiger partial charge is 0.494 e. The van der Waals surface area contributed by atoms with Crippen LogP contribution in [0, 0.1) is 12.8 Å². The van der Waals surface area contributed by atoms with E-state index in [-0.39, 0.29) is 0 Å². The summed E-state index contributed by atoms with van der Waals surface area (Å²) in [5.74, 6) is 1.64. The predicted molar refractivity (Wildman–Crippen MR) is 99.3 cm³/mol. The average molecular weight is 311 g/mol. The second-order valence-corrected chi connectivity index (χ2v) is 6.49. The molecule has 0 radical (unpaired) electrons. The minimum Gasteiger partial charge on any atom is -0.494 e. The lowest BCUT2D eigenvalue weighted by Crippen LogP contribution is -2.04. The lowest BCUT2D eigenvalue weighted by molar-refractivity contribution is 0.289. The number of para-hydroxylation sites is 1. The second kappa shape index (κ2) is 8.61. The summed E-state index contributed by atoms with van der Waals surface area (Å²) in [6, 6.07) is 14.9. The average Bonchev–Trinajstić information content (AvgIpc) is 2.54. The molecule has 124 valence electrons. The molecule has 2 nitrogen and oxygen atoms in total. The Morgan fingerprint density at radius 3 is 2.43 bits per heavy atom. The van der Waals surface area contributed by atoms with Gasteiger partial charge in [-0.1, -0.05) is 51.1 Å². The van der Waals surface area contributed by atoms with Crippen LogP contribution in [0.2, 0.25) is 0 Å². The van der Waals surface area contributed by atoms with Gasteiger partial charge in [0.25, 0.3) is 0 Å². The number of ether oxygens (including phenoxy) is 1. The van der Waals surface area contributed by atoms with Crippen LogP contribution in [-0.4, -0.2) is 6.61 Å². The third kappa shape index (κ3) is 5.31. The summed E-state index contributed by atoms with van der Waals surface area (Å²) in [4.78, 5) is 0. The van der Waals surface area contributed by atoms with E-state index in [1.807, 2.05) is 0 Å². The normalized spacial score (nSPS) is 10.8. The molecule has 0 saturated heterocycles. The molecule has 0 aliphatic rings. The van der Waals surface area contributed by atoms with E-state index >= 15 is 0 Å². The molecule has 0 spiro atoms. The van der Waals surface area contributed by atoms with Gasteiger partial charge in [-0.2, -0.15) is 0 Å². The van der Waals surface area contributed by atoms with E-state index < -0.39 is 0 Å². The Labute approximate surface area is 140 Å². The van der Waals surface area contributed by atoms with Crippen molar-refractivity contribution in [2.75, 3.05) is 11.9 Å². The van der Waals surface area contributed by atoms with Gasteiger partial charge in [0.15, 0.2) is 0 Å². The van der Waals surface area contributed by atoms with Gasteiger partial charge in [-0.05, 0) is 54.5 Å². The molecule has 0 unspecified atom stereocenters. The number of nitrogens with one attached hydrogen (secondary N) is 1. The molecule has 0 fully saturated rings. The highest BCUT2D eigenvalue weighted by Crippen LogP contribution is 2.22. The first-order valence-corrected chi connectivity index (χ1v) is 8.64. The van der Waals surface area contributed by atoms with E-state index in [1.54, 1.807) is 0 Å². The summed E-state index contributed by atoms with van der Waals surface area (Å²) in [5, 5.41) is 3.59. The quantitative estimate of drug-likeness (QED) is 0.685. The molecule has 0 atom stereocenters. The standard InChI is InChI=1S/C21H29NO/c1-5-19-8-6-7-17(4)21(19)22-15-18-9-11-20(12-10-18)23-14-13-16(2)3/h6-12,16,22H,5,13-15H2,1-4H3. The van der Waals surface area contributed by atoms with Gasteiger partial charge < -0.3 is 10.1 Å². The van der Waals surface area contributed by atoms with Crippen LogP contribution in [0.5, 0.6) is 5.75 Å². The molecule has 0 aliphatic heterocycles. The molecule has 0 amide bonds. The smallest absolute Gasteiger partial charge is 0.119 e. The molecule has 2 rings (SSSR count). The summed E-state index contributed by atoms with van der Waals surface area (Å²) in [5.41, 5.74) is 5.22. The fourth-order valence-corrected chi connectivity index (χ4v) is 2.58. The van der Waals surface area contributed by atoms with Crippen LogP contribution in [0.3, 0.4) is 0 Å². The van der Waals surface area contributed by atoms with Gasteiger partial charge in [-0.25, -0.2) is 0 Å². The SMILES string of the molecule is CCc1cccc(C)c1NCc1ccc(OCCC(C)C)cc1. The summed E-state index contributed by atoms with van der Waals surface area (Å²) >= 11 is 0. The van der Waals surface area contributed by atoms with Crippen LogP contribution in [0.25, 0.3) is 0 Å². The number of anilines is 1. The fraction of sp³-hybridized carbons (Fsp3) is 0.429. The van der Waals surface area contributed by atoms with Crippen molar-refractivity contribution in [1.29, 1.82) is 0 Å². The minimum absolute atomic E-state index is 0.681. The maximum Gasteiger partial charge on any atom is 0.119 e. The highest BCUT2D eigenvalue weighted by Gasteiger charge is 2.04. The molecule has 0 aliphatic carbocycles. The number of hydrogen-bond acceptors (Lipinski definition) is 2. The minimum atomic E-state index is 0.681. The Hall–Kier alpha value is -1.96. The van der Waals surface area contributed by atoms with Crippen molar-refractivity contribution in [3.8, 4) is 5.75 Å². The van der Waals surface area contributed by atoms with Crippen LogP contribution >= 0.6 is 0 Å². The number of rotatable bonds is 8. The van der Waals surface area contributed by atoms with Crippen LogP contribution < -0.4 is 10.1 Å². The third-order valence-electron chi connectivity index (χ3n) is 4.10. The Bertz CT molecular complexity index is 602. The molecular weight excluding hydrogens is 282 g/mol. The number of aryl methyl sites for hydroxylation is 2. The summed E-state index contributed by atoms with van der Waals surface area (Å²) < 4.78 is 5.77. The monoisotopic (exact) mass is 311 g/mol. The lowest BCUT2D eigenvalue weighted by Gasteiger charge is -2.14. The van der Waals surface area contributed by atoms with Gasteiger partial charge in [0, 0.05) is 12.2 Å². The molecule has 2 aromatic rings. The molecule has 0 heterocycles. The second-order valence-electron chi connectivity index (χ2n) is 6.49. The molecule has 23 heavy (non-hydrogen) atoms. The van der Waals surface area contributed by atoms with Crippen LogP contribution in [-0.2, 0) is 13.0 Å². The third-order valence-corrected chi connectivity index (χ3v) is 4.10. The van der Waals surface area contributed by atoms with Crippen LogP contribution in [0.1, 0.15) is 43.9 Å². The summed E-state index contributed by atoms with van der Waals surface area (Å²) in [6.07, 6.45) is 2.14. The topological polar surface area (TPSA) is 21.3 Å². The molecule has 1 N–H and O–H groups in total. The Morgan fingerprint density at radius 2 is 1.78 bits per heavy atom. The Balaban J connectivity index is 1.92. The van der Waals surface area contributed by atoms with Gasteiger partial charge in [0.2, 0.25) is 0 Å². The van der Waals surface area contributed by atoms with Crippen molar-refractivity contribution in [3.63, 3.8) is 0 Å². The fourth-order valence-electron chi connectivity index (χ4n) is 2.58. The molecule has 0 saturated carbocycles. The Kier molecular flexibility index (Phi) is 6.52. The van der Waals surface area contributed by atoms with E-state index in [2.05, 4.69) is 75.5 Å². The van der Waals surface area contributed by atoms with Gasteiger partial charge in [-0.15, -0.1) is 0 Å². The summed E-state index contributed by atoms with van der Waals surface area (Å²) in [6.45, 7) is 10.4. The van der Waals surface area contributed by atoms with Crippen molar-refractivity contribution in [1.82, 2.24) is 0 Å². The maximum atomic E-state index is 5.77. The molecule has 2 heteroatoms. The van der Waals surface area contributed by atoms with Crippen LogP contribution in [0.4, 0.5) is 5.69 Å².